The van der Waals surface area contributed by atoms with Crippen LogP contribution in [0.1, 0.15) is 17.3 Å². The van der Waals surface area contributed by atoms with Crippen LogP contribution in [0.25, 0.3) is 22.9 Å². The quantitative estimate of drug-likeness (QED) is 0.701. The van der Waals surface area contributed by atoms with Crippen LogP contribution in [0.3, 0.4) is 0 Å². The maximum atomic E-state index is 12.4. The lowest BCUT2D eigenvalue weighted by Gasteiger charge is -2.08. The van der Waals surface area contributed by atoms with Crippen molar-refractivity contribution in [3.63, 3.8) is 0 Å². The van der Waals surface area contributed by atoms with Crippen LogP contribution in [0, 0.1) is 0 Å². The van der Waals surface area contributed by atoms with Crippen molar-refractivity contribution in [2.75, 3.05) is 6.61 Å². The van der Waals surface area contributed by atoms with Crippen LogP contribution < -0.4 is 5.56 Å². The average Bonchev–Trinajstić information content (AvgIpc) is 2.62. The zero-order chi connectivity index (χ0) is 16.9. The second-order valence-corrected chi connectivity index (χ2v) is 4.54. The van der Waals surface area contributed by atoms with Gasteiger partial charge in [-0.25, -0.2) is 14.8 Å². The first kappa shape index (κ1) is 15.4. The number of hydrogen-bond acceptors (Lipinski definition) is 8. The topological polar surface area (TPSA) is 124 Å². The maximum absolute atomic E-state index is 12.4. The molecule has 3 rings (SSSR count). The van der Waals surface area contributed by atoms with Crippen molar-refractivity contribution in [1.29, 1.82) is 0 Å². The van der Waals surface area contributed by atoms with Crippen LogP contribution in [-0.4, -0.2) is 42.5 Å². The number of ether oxygens (including phenoxy) is 1. The molecule has 24 heavy (non-hydrogen) atoms. The monoisotopic (exact) mass is 324 g/mol. The second kappa shape index (κ2) is 6.73. The molecule has 0 saturated carbocycles. The first-order valence-corrected chi connectivity index (χ1v) is 7.05. The SMILES string of the molecule is CCOC(=O)c1c(-c2cnccn2)nc(-c2cnccn2)[nH]c1=O. The van der Waals surface area contributed by atoms with Gasteiger partial charge in [-0.2, -0.15) is 0 Å². The Morgan fingerprint density at radius 3 is 2.33 bits per heavy atom. The summed E-state index contributed by atoms with van der Waals surface area (Å²) in [5, 5.41) is 0. The first-order chi connectivity index (χ1) is 11.7. The molecule has 0 saturated heterocycles. The van der Waals surface area contributed by atoms with Crippen LogP contribution in [0.4, 0.5) is 0 Å². The van der Waals surface area contributed by atoms with Crippen molar-refractivity contribution in [1.82, 2.24) is 29.9 Å². The number of rotatable bonds is 4. The summed E-state index contributed by atoms with van der Waals surface area (Å²) in [4.78, 5) is 47.5. The fourth-order valence-electron chi connectivity index (χ4n) is 2.02. The molecule has 3 heterocycles. The van der Waals surface area contributed by atoms with Crippen molar-refractivity contribution < 1.29 is 9.53 Å². The van der Waals surface area contributed by atoms with E-state index in [0.717, 1.165) is 0 Å². The Morgan fingerprint density at radius 2 is 1.75 bits per heavy atom. The van der Waals surface area contributed by atoms with E-state index in [2.05, 4.69) is 29.9 Å². The molecule has 1 N–H and O–H groups in total. The fraction of sp³-hybridized carbons (Fsp3) is 0.133. The van der Waals surface area contributed by atoms with Gasteiger partial charge in [0.05, 0.1) is 19.0 Å². The van der Waals surface area contributed by atoms with Crippen molar-refractivity contribution in [3.8, 4) is 22.9 Å². The van der Waals surface area contributed by atoms with Crippen molar-refractivity contribution >= 4 is 5.97 Å². The lowest BCUT2D eigenvalue weighted by Crippen LogP contribution is -2.23. The van der Waals surface area contributed by atoms with Gasteiger partial charge in [-0.15, -0.1) is 0 Å². The minimum absolute atomic E-state index is 0.0750. The van der Waals surface area contributed by atoms with Gasteiger partial charge in [0, 0.05) is 24.8 Å². The van der Waals surface area contributed by atoms with Crippen LogP contribution in [0.5, 0.6) is 0 Å². The highest BCUT2D eigenvalue weighted by atomic mass is 16.5. The Morgan fingerprint density at radius 1 is 1.08 bits per heavy atom. The molecule has 9 nitrogen and oxygen atoms in total. The Bertz CT molecular complexity index is 911. The molecule has 0 amide bonds. The number of nitrogens with one attached hydrogen (secondary N) is 1. The van der Waals surface area contributed by atoms with Crippen molar-refractivity contribution in [3.05, 3.63) is 53.1 Å². The lowest BCUT2D eigenvalue weighted by molar-refractivity contribution is 0.0524. The molecule has 0 aliphatic carbocycles. The molecular weight excluding hydrogens is 312 g/mol. The maximum Gasteiger partial charge on any atom is 0.346 e. The van der Waals surface area contributed by atoms with E-state index < -0.39 is 11.5 Å². The third-order valence-electron chi connectivity index (χ3n) is 3.01. The van der Waals surface area contributed by atoms with Gasteiger partial charge < -0.3 is 9.72 Å². The predicted molar refractivity (Wildman–Crippen MR) is 82.9 cm³/mol. The number of hydrogen-bond donors (Lipinski definition) is 1. The molecular formula is C15H12N6O3. The van der Waals surface area contributed by atoms with E-state index in [0.29, 0.717) is 5.69 Å². The van der Waals surface area contributed by atoms with Crippen LogP contribution in [0.15, 0.2) is 42.0 Å². The zero-order valence-electron chi connectivity index (χ0n) is 12.6. The fourth-order valence-corrected chi connectivity index (χ4v) is 2.02. The van der Waals surface area contributed by atoms with Gasteiger partial charge in [-0.1, -0.05) is 0 Å². The summed E-state index contributed by atoms with van der Waals surface area (Å²) >= 11 is 0. The minimum atomic E-state index is -0.780. The molecule has 0 bridgehead atoms. The summed E-state index contributed by atoms with van der Waals surface area (Å²) in [7, 11) is 0. The number of carbonyl (C=O) groups excluding carboxylic acids is 1. The molecule has 0 aliphatic rings. The largest absolute Gasteiger partial charge is 0.462 e. The Kier molecular flexibility index (Phi) is 4.32. The number of nitrogens with zero attached hydrogens (tertiary/aromatic N) is 5. The van der Waals surface area contributed by atoms with E-state index >= 15 is 0 Å². The third kappa shape index (κ3) is 3.00. The van der Waals surface area contributed by atoms with E-state index in [9.17, 15) is 9.59 Å². The second-order valence-electron chi connectivity index (χ2n) is 4.54. The molecule has 3 aromatic heterocycles. The van der Waals surface area contributed by atoms with Gasteiger partial charge in [0.1, 0.15) is 17.1 Å². The summed E-state index contributed by atoms with van der Waals surface area (Å²) in [6, 6.07) is 0. The highest BCUT2D eigenvalue weighted by molar-refractivity contribution is 5.95. The van der Waals surface area contributed by atoms with Crippen molar-refractivity contribution in [2.45, 2.75) is 6.92 Å². The van der Waals surface area contributed by atoms with Crippen molar-refractivity contribution in [2.24, 2.45) is 0 Å². The number of H-pyrrole nitrogens is 1. The average molecular weight is 324 g/mol. The van der Waals surface area contributed by atoms with Gasteiger partial charge >= 0.3 is 5.97 Å². The molecule has 0 aliphatic heterocycles. The predicted octanol–water partition coefficient (Wildman–Crippen LogP) is 0.861. The zero-order valence-corrected chi connectivity index (χ0v) is 12.6. The van der Waals surface area contributed by atoms with Crippen LogP contribution in [0.2, 0.25) is 0 Å². The number of aromatic nitrogens is 6. The molecule has 0 spiro atoms. The first-order valence-electron chi connectivity index (χ1n) is 7.05. The smallest absolute Gasteiger partial charge is 0.346 e. The highest BCUT2D eigenvalue weighted by Crippen LogP contribution is 2.19. The van der Waals surface area contributed by atoms with Gasteiger partial charge in [0.25, 0.3) is 5.56 Å². The molecule has 0 aromatic carbocycles. The number of aromatic amines is 1. The Hall–Kier alpha value is -3.49. The van der Waals surface area contributed by atoms with Gasteiger partial charge in [-0.05, 0) is 6.92 Å². The lowest BCUT2D eigenvalue weighted by atomic mass is 10.1. The van der Waals surface area contributed by atoms with Gasteiger partial charge in [0.15, 0.2) is 11.4 Å². The number of carbonyl (C=O) groups is 1. The minimum Gasteiger partial charge on any atom is -0.462 e. The van der Waals surface area contributed by atoms with E-state index in [-0.39, 0.29) is 29.4 Å². The molecule has 0 radical (unpaired) electrons. The Balaban J connectivity index is 2.24. The summed E-state index contributed by atoms with van der Waals surface area (Å²) in [5.74, 6) is -0.612. The van der Waals surface area contributed by atoms with Crippen LogP contribution >= 0.6 is 0 Å². The van der Waals surface area contributed by atoms with E-state index in [1.807, 2.05) is 0 Å². The van der Waals surface area contributed by atoms with E-state index in [1.54, 1.807) is 6.92 Å². The third-order valence-corrected chi connectivity index (χ3v) is 3.01. The molecule has 0 unspecified atom stereocenters. The van der Waals surface area contributed by atoms with Gasteiger partial charge in [-0.3, -0.25) is 19.7 Å². The highest BCUT2D eigenvalue weighted by Gasteiger charge is 2.23. The molecule has 0 atom stereocenters. The normalized spacial score (nSPS) is 10.4. The standard InChI is InChI=1S/C15H12N6O3/c1-2-24-15(23)11-12(9-7-16-3-5-18-9)20-13(21-14(11)22)10-8-17-4-6-19-10/h3-8H,2H2,1H3,(H,20,21,22). The van der Waals surface area contributed by atoms with E-state index in [4.69, 9.17) is 4.74 Å². The Labute approximate surface area is 135 Å². The molecule has 0 fully saturated rings. The molecule has 9 heteroatoms. The van der Waals surface area contributed by atoms with Gasteiger partial charge in [0.2, 0.25) is 0 Å². The molecule has 120 valence electrons. The summed E-state index contributed by atoms with van der Waals surface area (Å²) < 4.78 is 4.94. The number of esters is 1. The summed E-state index contributed by atoms with van der Waals surface area (Å²) in [5.41, 5.74) is -0.173. The molecule has 3 aromatic rings. The summed E-state index contributed by atoms with van der Waals surface area (Å²) in [6.07, 6.45) is 8.74. The summed E-state index contributed by atoms with van der Waals surface area (Å²) in [6.45, 7) is 1.78. The van der Waals surface area contributed by atoms with Crippen LogP contribution in [-0.2, 0) is 4.74 Å². The van der Waals surface area contributed by atoms with E-state index in [1.165, 1.54) is 37.2 Å².